The van der Waals surface area contributed by atoms with Crippen molar-refractivity contribution >= 4 is 38.0 Å². The summed E-state index contributed by atoms with van der Waals surface area (Å²) in [5.41, 5.74) is 6.15. The van der Waals surface area contributed by atoms with Crippen molar-refractivity contribution in [2.24, 2.45) is 5.73 Å². The Morgan fingerprint density at radius 2 is 2.00 bits per heavy atom. The molecule has 116 valence electrons. The number of aromatic nitrogens is 1. The lowest BCUT2D eigenvalue weighted by molar-refractivity contribution is 0.0701. The van der Waals surface area contributed by atoms with Crippen LogP contribution in [0.5, 0.6) is 5.88 Å². The van der Waals surface area contributed by atoms with Gasteiger partial charge in [0.15, 0.2) is 0 Å². The van der Waals surface area contributed by atoms with Gasteiger partial charge in [-0.2, -0.15) is 0 Å². The third-order valence-electron chi connectivity index (χ3n) is 2.77. The monoisotopic (exact) mass is 428 g/mol. The van der Waals surface area contributed by atoms with Crippen LogP contribution in [0.25, 0.3) is 0 Å². The first-order chi connectivity index (χ1) is 10.5. The van der Waals surface area contributed by atoms with Gasteiger partial charge in [-0.25, -0.2) is 9.78 Å². The van der Waals surface area contributed by atoms with Gasteiger partial charge in [-0.05, 0) is 43.5 Å². The summed E-state index contributed by atoms with van der Waals surface area (Å²) in [5, 5.41) is 0. The normalized spacial score (nSPS) is 11.7. The molecule has 2 rings (SSSR count). The van der Waals surface area contributed by atoms with Crippen molar-refractivity contribution in [2.45, 2.75) is 12.5 Å². The van der Waals surface area contributed by atoms with Gasteiger partial charge in [-0.3, -0.25) is 0 Å². The molecule has 0 spiro atoms. The topological polar surface area (TPSA) is 74.4 Å². The Kier molecular flexibility index (Phi) is 6.21. The van der Waals surface area contributed by atoms with Crippen molar-refractivity contribution in [1.82, 2.24) is 4.98 Å². The Morgan fingerprint density at radius 3 is 2.64 bits per heavy atom. The Morgan fingerprint density at radius 1 is 1.27 bits per heavy atom. The minimum Gasteiger partial charge on any atom is -0.473 e. The second kappa shape index (κ2) is 8.14. The van der Waals surface area contributed by atoms with Gasteiger partial charge in [-0.1, -0.05) is 30.3 Å². The van der Waals surface area contributed by atoms with Crippen LogP contribution in [0.2, 0.25) is 0 Å². The lowest BCUT2D eigenvalue weighted by Crippen LogP contribution is -2.30. The van der Waals surface area contributed by atoms with Gasteiger partial charge < -0.3 is 15.2 Å². The molecule has 2 aromatic rings. The van der Waals surface area contributed by atoms with Crippen LogP contribution in [0.3, 0.4) is 0 Å². The zero-order valence-corrected chi connectivity index (χ0v) is 14.7. The lowest BCUT2D eigenvalue weighted by Gasteiger charge is -2.17. The number of rotatable bonds is 6. The zero-order valence-electron chi connectivity index (χ0n) is 11.5. The molecule has 0 radical (unpaired) electrons. The van der Waals surface area contributed by atoms with E-state index in [9.17, 15) is 4.79 Å². The fourth-order valence-electron chi connectivity index (χ4n) is 1.86. The summed E-state index contributed by atoms with van der Waals surface area (Å²) in [7, 11) is 0. The molecule has 1 aromatic carbocycles. The molecular formula is C15H14Br2N2O3. The summed E-state index contributed by atoms with van der Waals surface area (Å²) >= 11 is 6.68. The number of carbonyl (C=O) groups excluding carboxylic acids is 1. The fraction of sp³-hybridized carbons (Fsp3) is 0.200. The minimum absolute atomic E-state index is 0.158. The Labute approximate surface area is 145 Å². The molecule has 2 N–H and O–H groups in total. The number of nitrogens with two attached hydrogens (primary N) is 1. The van der Waals surface area contributed by atoms with Crippen LogP contribution >= 0.6 is 31.9 Å². The summed E-state index contributed by atoms with van der Waals surface area (Å²) < 4.78 is 12.3. The van der Waals surface area contributed by atoms with Crippen LogP contribution in [0.4, 0.5) is 4.79 Å². The minimum atomic E-state index is -0.827. The highest BCUT2D eigenvalue weighted by Crippen LogP contribution is 2.25. The Balaban J connectivity index is 2.01. The van der Waals surface area contributed by atoms with E-state index in [2.05, 4.69) is 36.8 Å². The van der Waals surface area contributed by atoms with Gasteiger partial charge in [0.2, 0.25) is 5.88 Å². The number of primary amides is 1. The molecular weight excluding hydrogens is 416 g/mol. The van der Waals surface area contributed by atoms with Gasteiger partial charge in [0.05, 0.1) is 4.47 Å². The molecule has 0 saturated heterocycles. The van der Waals surface area contributed by atoms with E-state index in [1.807, 2.05) is 36.4 Å². The number of pyridine rings is 1. The van der Waals surface area contributed by atoms with Crippen LogP contribution in [0.1, 0.15) is 5.56 Å². The number of hydrogen-bond acceptors (Lipinski definition) is 4. The van der Waals surface area contributed by atoms with Gasteiger partial charge in [0, 0.05) is 17.1 Å². The maximum atomic E-state index is 11.0. The van der Waals surface area contributed by atoms with E-state index < -0.39 is 12.2 Å². The number of benzene rings is 1. The number of halogens is 2. The standard InChI is InChI=1S/C15H14Br2N2O3/c16-11-7-13(17)14(19-8-11)21-9-12(22-15(18)20)6-10-4-2-1-3-5-10/h1-5,7-8,12H,6,9H2,(H2,18,20). The fourth-order valence-corrected chi connectivity index (χ4v) is 2.96. The first kappa shape index (κ1) is 16.8. The molecule has 0 saturated carbocycles. The van der Waals surface area contributed by atoms with Crippen LogP contribution in [-0.4, -0.2) is 23.8 Å². The average Bonchev–Trinajstić information content (AvgIpc) is 2.46. The van der Waals surface area contributed by atoms with E-state index in [0.717, 1.165) is 10.0 Å². The van der Waals surface area contributed by atoms with E-state index in [4.69, 9.17) is 15.2 Å². The van der Waals surface area contributed by atoms with E-state index in [1.165, 1.54) is 0 Å². The third-order valence-corrected chi connectivity index (χ3v) is 3.77. The number of ether oxygens (including phenoxy) is 2. The van der Waals surface area contributed by atoms with Crippen LogP contribution in [0.15, 0.2) is 51.5 Å². The van der Waals surface area contributed by atoms with Crippen molar-refractivity contribution in [3.8, 4) is 5.88 Å². The van der Waals surface area contributed by atoms with Gasteiger partial charge in [0.25, 0.3) is 0 Å². The smallest absolute Gasteiger partial charge is 0.404 e. The van der Waals surface area contributed by atoms with Crippen molar-refractivity contribution in [2.75, 3.05) is 6.61 Å². The number of carbonyl (C=O) groups is 1. The summed E-state index contributed by atoms with van der Waals surface area (Å²) in [5.74, 6) is 0.425. The summed E-state index contributed by atoms with van der Waals surface area (Å²) in [6.07, 6.45) is 0.823. The number of hydrogen-bond donors (Lipinski definition) is 1. The van der Waals surface area contributed by atoms with Crippen LogP contribution in [0, 0.1) is 0 Å². The number of nitrogens with zero attached hydrogens (tertiary/aromatic N) is 1. The van der Waals surface area contributed by atoms with Crippen molar-refractivity contribution in [3.05, 3.63) is 57.1 Å². The van der Waals surface area contributed by atoms with E-state index >= 15 is 0 Å². The van der Waals surface area contributed by atoms with Crippen molar-refractivity contribution in [3.63, 3.8) is 0 Å². The van der Waals surface area contributed by atoms with Gasteiger partial charge in [0.1, 0.15) is 12.7 Å². The van der Waals surface area contributed by atoms with E-state index in [-0.39, 0.29) is 6.61 Å². The van der Waals surface area contributed by atoms with Crippen molar-refractivity contribution in [1.29, 1.82) is 0 Å². The first-order valence-electron chi connectivity index (χ1n) is 6.48. The van der Waals surface area contributed by atoms with Crippen LogP contribution in [-0.2, 0) is 11.2 Å². The average molecular weight is 430 g/mol. The molecule has 7 heteroatoms. The van der Waals surface area contributed by atoms with E-state index in [0.29, 0.717) is 16.8 Å². The number of amides is 1. The zero-order chi connectivity index (χ0) is 15.9. The highest BCUT2D eigenvalue weighted by Gasteiger charge is 2.16. The molecule has 1 amide bonds. The second-order valence-corrected chi connectivity index (χ2v) is 6.27. The van der Waals surface area contributed by atoms with Crippen molar-refractivity contribution < 1.29 is 14.3 Å². The Hall–Kier alpha value is -1.60. The first-order valence-corrected chi connectivity index (χ1v) is 8.07. The molecule has 1 atom stereocenters. The second-order valence-electron chi connectivity index (χ2n) is 4.50. The summed E-state index contributed by atoms with van der Waals surface area (Å²) in [6.45, 7) is 0.158. The molecule has 1 aromatic heterocycles. The Bertz CT molecular complexity index is 638. The third kappa shape index (κ3) is 5.31. The van der Waals surface area contributed by atoms with Gasteiger partial charge >= 0.3 is 6.09 Å². The lowest BCUT2D eigenvalue weighted by atomic mass is 10.1. The summed E-state index contributed by atoms with van der Waals surface area (Å²) in [4.78, 5) is 15.2. The molecule has 0 fully saturated rings. The maximum Gasteiger partial charge on any atom is 0.404 e. The quantitative estimate of drug-likeness (QED) is 0.759. The predicted molar refractivity (Wildman–Crippen MR) is 89.7 cm³/mol. The SMILES string of the molecule is NC(=O)OC(COc1ncc(Br)cc1Br)Cc1ccccc1. The highest BCUT2D eigenvalue weighted by molar-refractivity contribution is 9.11. The largest absolute Gasteiger partial charge is 0.473 e. The molecule has 22 heavy (non-hydrogen) atoms. The van der Waals surface area contributed by atoms with Gasteiger partial charge in [-0.15, -0.1) is 0 Å². The predicted octanol–water partition coefficient (Wildman–Crippen LogP) is 3.69. The molecule has 1 unspecified atom stereocenters. The van der Waals surface area contributed by atoms with Crippen LogP contribution < -0.4 is 10.5 Å². The molecule has 1 heterocycles. The molecule has 0 aliphatic rings. The van der Waals surface area contributed by atoms with E-state index in [1.54, 1.807) is 6.20 Å². The molecule has 0 aliphatic heterocycles. The molecule has 0 bridgehead atoms. The maximum absolute atomic E-state index is 11.0. The highest BCUT2D eigenvalue weighted by atomic mass is 79.9. The molecule has 5 nitrogen and oxygen atoms in total. The molecule has 0 aliphatic carbocycles. The summed E-state index contributed by atoms with van der Waals surface area (Å²) in [6, 6.07) is 11.5.